The second-order valence-electron chi connectivity index (χ2n) is 6.04. The van der Waals surface area contributed by atoms with Gasteiger partial charge in [0.15, 0.2) is 5.76 Å². The summed E-state index contributed by atoms with van der Waals surface area (Å²) in [5.74, 6) is 1.75. The van der Waals surface area contributed by atoms with Crippen molar-refractivity contribution in [2.24, 2.45) is 0 Å². The number of hydrogen-bond acceptors (Lipinski definition) is 6. The van der Waals surface area contributed by atoms with Crippen LogP contribution in [0.1, 0.15) is 15.9 Å². The number of fused-ring (bicyclic) bond motifs is 2. The van der Waals surface area contributed by atoms with Gasteiger partial charge in [0.25, 0.3) is 0 Å². The van der Waals surface area contributed by atoms with Crippen molar-refractivity contribution < 1.29 is 14.3 Å². The van der Waals surface area contributed by atoms with Crippen molar-refractivity contribution in [2.75, 3.05) is 7.11 Å². The number of carbonyl (C=O) groups is 1. The van der Waals surface area contributed by atoms with E-state index in [1.54, 1.807) is 31.4 Å². The molecule has 5 rings (SSSR count). The number of rotatable bonds is 3. The number of allylic oxidation sites excluding steroid dienone is 1. The number of carbonyl (C=O) groups excluding carboxylic acids is 1. The zero-order valence-electron chi connectivity index (χ0n) is 14.2. The number of benzene rings is 2. The molecule has 0 spiro atoms. The normalized spacial score (nSPS) is 14.6. The summed E-state index contributed by atoms with van der Waals surface area (Å²) in [5.41, 5.74) is 2.96. The minimum absolute atomic E-state index is 0.187. The number of ether oxygens (including phenoxy) is 2. The molecule has 0 atom stereocenters. The first kappa shape index (κ1) is 15.3. The predicted octanol–water partition coefficient (Wildman–Crippen LogP) is 2.97. The van der Waals surface area contributed by atoms with Crippen LogP contribution in [-0.4, -0.2) is 38.5 Å². The fourth-order valence-electron chi connectivity index (χ4n) is 3.12. The number of H-pyrrole nitrogens is 2. The van der Waals surface area contributed by atoms with Crippen LogP contribution in [0.3, 0.4) is 0 Å². The van der Waals surface area contributed by atoms with Crippen molar-refractivity contribution in [1.29, 1.82) is 0 Å². The summed E-state index contributed by atoms with van der Waals surface area (Å²) in [6.45, 7) is 0. The number of methoxy groups -OCH3 is 1. The molecular formula is C19H13N5O3. The van der Waals surface area contributed by atoms with Crippen molar-refractivity contribution in [3.05, 3.63) is 59.5 Å². The zero-order valence-corrected chi connectivity index (χ0v) is 14.2. The number of nitrogens with one attached hydrogen (secondary N) is 2. The standard InChI is InChI=1S/C19H13N5O3/c1-26-12-3-4-15-13(8-12)11(9-20-15)7-17-18(25)14-6-10(2-5-16(14)27-17)19-21-23-24-22-19/h2-9,20H,1H3,(H,21,22,23,24)/b17-7-. The Hall–Kier alpha value is -3.94. The molecule has 8 heteroatoms. The van der Waals surface area contributed by atoms with Crippen LogP contribution >= 0.6 is 0 Å². The van der Waals surface area contributed by atoms with Crippen LogP contribution in [0.5, 0.6) is 11.5 Å². The Morgan fingerprint density at radius 1 is 1.19 bits per heavy atom. The lowest BCUT2D eigenvalue weighted by molar-refractivity contribution is 0.101. The number of ketones is 1. The highest BCUT2D eigenvalue weighted by Gasteiger charge is 2.28. The molecule has 0 aliphatic carbocycles. The maximum Gasteiger partial charge on any atom is 0.231 e. The summed E-state index contributed by atoms with van der Waals surface area (Å²) in [7, 11) is 1.62. The number of nitrogens with zero attached hydrogens (tertiary/aromatic N) is 3. The Balaban J connectivity index is 1.54. The second kappa shape index (κ2) is 5.80. The van der Waals surface area contributed by atoms with Crippen molar-refractivity contribution in [1.82, 2.24) is 25.6 Å². The summed E-state index contributed by atoms with van der Waals surface area (Å²) in [5, 5.41) is 14.8. The van der Waals surface area contributed by atoms with Gasteiger partial charge in [0.1, 0.15) is 11.5 Å². The largest absolute Gasteiger partial charge is 0.497 e. The molecule has 8 nitrogen and oxygen atoms in total. The van der Waals surface area contributed by atoms with Gasteiger partial charge >= 0.3 is 0 Å². The monoisotopic (exact) mass is 359 g/mol. The Labute approximate surface area is 152 Å². The Morgan fingerprint density at radius 2 is 2.11 bits per heavy atom. The second-order valence-corrected chi connectivity index (χ2v) is 6.04. The van der Waals surface area contributed by atoms with Gasteiger partial charge in [-0.2, -0.15) is 5.21 Å². The minimum atomic E-state index is -0.187. The van der Waals surface area contributed by atoms with Crippen molar-refractivity contribution >= 4 is 22.8 Å². The van der Waals surface area contributed by atoms with E-state index in [4.69, 9.17) is 9.47 Å². The van der Waals surface area contributed by atoms with Crippen LogP contribution in [-0.2, 0) is 0 Å². The van der Waals surface area contributed by atoms with Gasteiger partial charge in [-0.3, -0.25) is 4.79 Å². The smallest absolute Gasteiger partial charge is 0.231 e. The first-order valence-corrected chi connectivity index (χ1v) is 8.20. The fraction of sp³-hybridized carbons (Fsp3) is 0.0526. The summed E-state index contributed by atoms with van der Waals surface area (Å²) in [4.78, 5) is 16.0. The van der Waals surface area contributed by atoms with Gasteiger partial charge in [-0.05, 0) is 47.7 Å². The molecule has 1 aliphatic rings. The molecule has 0 fully saturated rings. The Bertz CT molecular complexity index is 1210. The highest BCUT2D eigenvalue weighted by molar-refractivity contribution is 6.15. The van der Waals surface area contributed by atoms with E-state index in [0.717, 1.165) is 22.2 Å². The van der Waals surface area contributed by atoms with E-state index in [1.807, 2.05) is 24.4 Å². The highest BCUT2D eigenvalue weighted by Crippen LogP contribution is 2.35. The number of aromatic amines is 2. The van der Waals surface area contributed by atoms with Crippen molar-refractivity contribution in [3.8, 4) is 22.9 Å². The van der Waals surface area contributed by atoms with Crippen LogP contribution in [0.15, 0.2) is 48.4 Å². The van der Waals surface area contributed by atoms with Gasteiger partial charge in [0.05, 0.1) is 12.7 Å². The van der Waals surface area contributed by atoms with E-state index in [1.165, 1.54) is 0 Å². The highest BCUT2D eigenvalue weighted by atomic mass is 16.5. The third-order valence-corrected chi connectivity index (χ3v) is 4.48. The van der Waals surface area contributed by atoms with Crippen LogP contribution in [0.25, 0.3) is 28.4 Å². The molecule has 3 heterocycles. The molecule has 0 saturated heterocycles. The molecule has 27 heavy (non-hydrogen) atoms. The molecule has 1 aliphatic heterocycles. The Kier molecular flexibility index (Phi) is 3.29. The van der Waals surface area contributed by atoms with Crippen molar-refractivity contribution in [3.63, 3.8) is 0 Å². The van der Waals surface area contributed by atoms with Crippen molar-refractivity contribution in [2.45, 2.75) is 0 Å². The van der Waals surface area contributed by atoms with Gasteiger partial charge in [0.2, 0.25) is 11.6 Å². The molecule has 2 aromatic heterocycles. The van der Waals surface area contributed by atoms with Crippen LogP contribution in [0, 0.1) is 0 Å². The van der Waals surface area contributed by atoms with Crippen LogP contribution < -0.4 is 9.47 Å². The lowest BCUT2D eigenvalue weighted by atomic mass is 10.1. The summed E-state index contributed by atoms with van der Waals surface area (Å²) in [6.07, 6.45) is 3.57. The summed E-state index contributed by atoms with van der Waals surface area (Å²) >= 11 is 0. The SMILES string of the molecule is COc1ccc2[nH]cc(/C=C3\Oc4ccc(-c5nn[nH]n5)cc4C3=O)c2c1. The summed E-state index contributed by atoms with van der Waals surface area (Å²) in [6, 6.07) is 11.0. The molecule has 0 radical (unpaired) electrons. The molecule has 2 N–H and O–H groups in total. The zero-order chi connectivity index (χ0) is 18.4. The number of Topliss-reactive ketones (excluding diaryl/α,β-unsaturated/α-hetero) is 1. The first-order valence-electron chi connectivity index (χ1n) is 8.20. The third kappa shape index (κ3) is 2.46. The molecule has 0 amide bonds. The van der Waals surface area contributed by atoms with Crippen LogP contribution in [0.4, 0.5) is 0 Å². The van der Waals surface area contributed by atoms with E-state index in [-0.39, 0.29) is 11.5 Å². The molecule has 0 saturated carbocycles. The van der Waals surface area contributed by atoms with Gasteiger partial charge in [-0.1, -0.05) is 0 Å². The first-order chi connectivity index (χ1) is 13.2. The summed E-state index contributed by atoms with van der Waals surface area (Å²) < 4.78 is 11.1. The number of aromatic nitrogens is 5. The molecule has 132 valence electrons. The molecule has 0 bridgehead atoms. The fourth-order valence-corrected chi connectivity index (χ4v) is 3.12. The maximum absolute atomic E-state index is 12.8. The quantitative estimate of drug-likeness (QED) is 0.545. The molecule has 4 aromatic rings. The van der Waals surface area contributed by atoms with Gasteiger partial charge in [-0.15, -0.1) is 10.2 Å². The Morgan fingerprint density at radius 3 is 2.93 bits per heavy atom. The topological polar surface area (TPSA) is 106 Å². The average Bonchev–Trinajstić information content (AvgIpc) is 3.42. The third-order valence-electron chi connectivity index (χ3n) is 4.48. The maximum atomic E-state index is 12.8. The van der Waals surface area contributed by atoms with Gasteiger partial charge in [0, 0.05) is 28.2 Å². The van der Waals surface area contributed by atoms with Crippen LogP contribution in [0.2, 0.25) is 0 Å². The molecule has 0 unspecified atom stereocenters. The number of hydrogen-bond donors (Lipinski definition) is 2. The van der Waals surface area contributed by atoms with E-state index in [0.29, 0.717) is 22.7 Å². The predicted molar refractivity (Wildman–Crippen MR) is 97.4 cm³/mol. The van der Waals surface area contributed by atoms with E-state index in [9.17, 15) is 4.79 Å². The van der Waals surface area contributed by atoms with E-state index in [2.05, 4.69) is 25.6 Å². The molecule has 2 aromatic carbocycles. The molecular weight excluding hydrogens is 346 g/mol. The number of tetrazole rings is 1. The van der Waals surface area contributed by atoms with E-state index < -0.39 is 0 Å². The average molecular weight is 359 g/mol. The minimum Gasteiger partial charge on any atom is -0.497 e. The van der Waals surface area contributed by atoms with Gasteiger partial charge in [-0.25, -0.2) is 0 Å². The van der Waals surface area contributed by atoms with E-state index >= 15 is 0 Å². The lowest BCUT2D eigenvalue weighted by Crippen LogP contribution is -1.98. The lowest BCUT2D eigenvalue weighted by Gasteiger charge is -2.00. The van der Waals surface area contributed by atoms with Gasteiger partial charge < -0.3 is 14.5 Å².